The zero-order valence-electron chi connectivity index (χ0n) is 13.7. The van der Waals surface area contributed by atoms with E-state index in [1.807, 2.05) is 12.1 Å². The molecule has 4 rings (SSSR count). The Kier molecular flexibility index (Phi) is 4.20. The molecule has 2 aliphatic rings. The van der Waals surface area contributed by atoms with Gasteiger partial charge in [0.05, 0.1) is 24.5 Å². The normalized spacial score (nSPS) is 18.2. The van der Waals surface area contributed by atoms with Gasteiger partial charge in [0.15, 0.2) is 0 Å². The van der Waals surface area contributed by atoms with Gasteiger partial charge in [-0.15, -0.1) is 0 Å². The number of fused-ring (bicyclic) bond motifs is 2. The van der Waals surface area contributed by atoms with Crippen LogP contribution in [-0.2, 0) is 24.0 Å². The highest BCUT2D eigenvalue weighted by atomic mass is 16.5. The van der Waals surface area contributed by atoms with Crippen LogP contribution in [0.4, 0.5) is 0 Å². The largest absolute Gasteiger partial charge is 0.710 e. The molecule has 7 heteroatoms. The maximum Gasteiger partial charge on any atom is 0.377 e. The van der Waals surface area contributed by atoms with Gasteiger partial charge in [0.25, 0.3) is 0 Å². The molecule has 1 aliphatic carbocycles. The maximum absolute atomic E-state index is 12.6. The van der Waals surface area contributed by atoms with Gasteiger partial charge < -0.3 is 15.2 Å². The van der Waals surface area contributed by atoms with E-state index in [0.29, 0.717) is 28.1 Å². The molecule has 0 bridgehead atoms. The van der Waals surface area contributed by atoms with Crippen LogP contribution in [0.5, 0.6) is 0 Å². The van der Waals surface area contributed by atoms with Crippen LogP contribution in [0.15, 0.2) is 12.1 Å². The molecular formula is C17H22N4O3. The molecule has 0 unspecified atom stereocenters. The Hall–Kier alpha value is -1.99. The number of morpholine rings is 1. The first-order valence-corrected chi connectivity index (χ1v) is 8.70. The van der Waals surface area contributed by atoms with Crippen LogP contribution >= 0.6 is 0 Å². The molecular weight excluding hydrogens is 308 g/mol. The third-order valence-corrected chi connectivity index (χ3v) is 5.03. The Labute approximate surface area is 140 Å². The van der Waals surface area contributed by atoms with Gasteiger partial charge in [-0.25, -0.2) is 4.73 Å². The van der Waals surface area contributed by atoms with Gasteiger partial charge in [-0.05, 0) is 49.4 Å². The fraction of sp³-hybridized carbons (Fsp3) is 0.588. The van der Waals surface area contributed by atoms with Gasteiger partial charge in [0.2, 0.25) is 10.6 Å². The summed E-state index contributed by atoms with van der Waals surface area (Å²) < 4.78 is 6.18. The monoisotopic (exact) mass is 330 g/mol. The second-order valence-corrected chi connectivity index (χ2v) is 6.60. The van der Waals surface area contributed by atoms with E-state index in [-0.39, 0.29) is 0 Å². The van der Waals surface area contributed by atoms with Crippen molar-refractivity contribution in [2.24, 2.45) is 0 Å². The van der Waals surface area contributed by atoms with Crippen molar-refractivity contribution in [1.82, 2.24) is 10.00 Å². The van der Waals surface area contributed by atoms with Gasteiger partial charge >= 0.3 is 11.3 Å². The van der Waals surface area contributed by atoms with E-state index in [1.165, 1.54) is 11.1 Å². The molecule has 128 valence electrons. The lowest BCUT2D eigenvalue weighted by molar-refractivity contribution is -0.685. The Bertz CT molecular complexity index is 759. The van der Waals surface area contributed by atoms with Gasteiger partial charge in [0, 0.05) is 19.2 Å². The van der Waals surface area contributed by atoms with Crippen LogP contribution in [-0.4, -0.2) is 42.8 Å². The average molecular weight is 330 g/mol. The number of hydrogen-bond acceptors (Lipinski definition) is 5. The van der Waals surface area contributed by atoms with Gasteiger partial charge in [0.1, 0.15) is 0 Å². The molecule has 0 spiro atoms. The summed E-state index contributed by atoms with van der Waals surface area (Å²) in [6.45, 7) is 4.28. The first-order valence-electron chi connectivity index (χ1n) is 8.70. The molecule has 0 atom stereocenters. The summed E-state index contributed by atoms with van der Waals surface area (Å²) in [5.74, 6) is 0.309. The quantitative estimate of drug-likeness (QED) is 0.593. The maximum atomic E-state index is 12.6. The van der Waals surface area contributed by atoms with Crippen molar-refractivity contribution >= 4 is 11.0 Å². The van der Waals surface area contributed by atoms with E-state index in [9.17, 15) is 10.4 Å². The number of ether oxygens (including phenoxy) is 1. The molecule has 1 fully saturated rings. The summed E-state index contributed by atoms with van der Waals surface area (Å²) >= 11 is 0. The Morgan fingerprint density at radius 3 is 2.54 bits per heavy atom. The highest BCUT2D eigenvalue weighted by Gasteiger charge is 2.25. The lowest BCUT2D eigenvalue weighted by Crippen LogP contribution is -2.46. The van der Waals surface area contributed by atoms with Crippen LogP contribution in [0, 0.1) is 10.4 Å². The third-order valence-electron chi connectivity index (χ3n) is 5.03. The predicted molar refractivity (Wildman–Crippen MR) is 87.3 cm³/mol. The number of aromatic nitrogens is 3. The minimum absolute atomic E-state index is 0.309. The van der Waals surface area contributed by atoms with Crippen LogP contribution in [0.1, 0.15) is 29.8 Å². The highest BCUT2D eigenvalue weighted by Crippen LogP contribution is 2.24. The smallest absolute Gasteiger partial charge is 0.377 e. The van der Waals surface area contributed by atoms with E-state index >= 15 is 0 Å². The molecule has 0 N–H and O–H groups in total. The Morgan fingerprint density at radius 1 is 1.08 bits per heavy atom. The van der Waals surface area contributed by atoms with Crippen molar-refractivity contribution in [3.8, 4) is 0 Å². The summed E-state index contributed by atoms with van der Waals surface area (Å²) in [5, 5.41) is 28.9. The molecule has 24 heavy (non-hydrogen) atoms. The zero-order valence-corrected chi connectivity index (χ0v) is 13.7. The SMILES string of the molecule is [O-][n+]1nc(CCCN2CCOCC2)[n+]([O-])c2cc3c(cc21)CCC3. The van der Waals surface area contributed by atoms with Crippen LogP contribution in [0.25, 0.3) is 11.0 Å². The average Bonchev–Trinajstić information content (AvgIpc) is 3.06. The predicted octanol–water partition coefficient (Wildman–Crippen LogP) is 0.255. The number of aryl methyl sites for hydroxylation is 3. The molecule has 1 saturated heterocycles. The zero-order chi connectivity index (χ0) is 16.5. The Morgan fingerprint density at radius 2 is 1.79 bits per heavy atom. The van der Waals surface area contributed by atoms with Crippen LogP contribution in [0.3, 0.4) is 0 Å². The van der Waals surface area contributed by atoms with E-state index in [0.717, 1.165) is 63.3 Å². The molecule has 0 saturated carbocycles. The summed E-state index contributed by atoms with van der Waals surface area (Å²) in [7, 11) is 0. The fourth-order valence-electron chi connectivity index (χ4n) is 3.69. The van der Waals surface area contributed by atoms with E-state index < -0.39 is 0 Å². The van der Waals surface area contributed by atoms with Gasteiger partial charge in [-0.3, -0.25) is 4.90 Å². The van der Waals surface area contributed by atoms with Crippen molar-refractivity contribution < 1.29 is 14.3 Å². The topological polar surface area (TPSA) is 79.2 Å². The highest BCUT2D eigenvalue weighted by molar-refractivity contribution is 5.70. The number of nitrogens with zero attached hydrogens (tertiary/aromatic N) is 4. The standard InChI is InChI=1S/C17H22N4O3/c22-20-15-11-13-3-1-4-14(13)12-16(15)21(23)18-17(20)5-2-6-19-7-9-24-10-8-19/h11-12H,1-10H2. The fourth-order valence-corrected chi connectivity index (χ4v) is 3.69. The van der Waals surface area contributed by atoms with E-state index in [4.69, 9.17) is 4.74 Å². The second kappa shape index (κ2) is 6.49. The molecule has 0 amide bonds. The van der Waals surface area contributed by atoms with Gasteiger partial charge in [-0.2, -0.15) is 0 Å². The number of rotatable bonds is 4. The van der Waals surface area contributed by atoms with Crippen LogP contribution < -0.4 is 9.58 Å². The molecule has 1 aromatic heterocycles. The summed E-state index contributed by atoms with van der Waals surface area (Å²) in [4.78, 5) is 2.93. The van der Waals surface area contributed by atoms with Crippen molar-refractivity contribution in [2.45, 2.75) is 32.1 Å². The summed E-state index contributed by atoms with van der Waals surface area (Å²) in [6, 6.07) is 3.72. The molecule has 2 aromatic rings. The van der Waals surface area contributed by atoms with E-state index in [1.54, 1.807) is 0 Å². The summed E-state index contributed by atoms with van der Waals surface area (Å²) in [5.41, 5.74) is 3.19. The lowest BCUT2D eigenvalue weighted by Gasteiger charge is -2.26. The van der Waals surface area contributed by atoms with Gasteiger partial charge in [-0.1, -0.05) is 0 Å². The third kappa shape index (κ3) is 2.89. The van der Waals surface area contributed by atoms with Crippen molar-refractivity contribution in [3.63, 3.8) is 0 Å². The van der Waals surface area contributed by atoms with Crippen molar-refractivity contribution in [3.05, 3.63) is 39.5 Å². The number of benzene rings is 1. The molecule has 1 aromatic carbocycles. The number of hydrogen-bond donors (Lipinski definition) is 0. The molecule has 7 nitrogen and oxygen atoms in total. The molecule has 0 radical (unpaired) electrons. The second-order valence-electron chi connectivity index (χ2n) is 6.60. The lowest BCUT2D eigenvalue weighted by atomic mass is 10.1. The first-order chi connectivity index (χ1) is 11.7. The van der Waals surface area contributed by atoms with E-state index in [2.05, 4.69) is 10.00 Å². The first kappa shape index (κ1) is 15.5. The van der Waals surface area contributed by atoms with Crippen LogP contribution in [0.2, 0.25) is 0 Å². The molecule has 2 heterocycles. The summed E-state index contributed by atoms with van der Waals surface area (Å²) in [6.07, 6.45) is 4.37. The minimum Gasteiger partial charge on any atom is -0.710 e. The Balaban J connectivity index is 1.54. The molecule has 1 aliphatic heterocycles. The van der Waals surface area contributed by atoms with Crippen molar-refractivity contribution in [2.75, 3.05) is 32.8 Å². The minimum atomic E-state index is 0.309. The van der Waals surface area contributed by atoms with Crippen molar-refractivity contribution in [1.29, 1.82) is 0 Å².